The molecule has 1 rings (SSSR count). The number of hydrogen-bond donors (Lipinski definition) is 2. The van der Waals surface area contributed by atoms with Crippen LogP contribution < -0.4 is 11.1 Å². The molecule has 0 unspecified atom stereocenters. The third kappa shape index (κ3) is 3.83. The number of sulfone groups is 1. The third-order valence-electron chi connectivity index (χ3n) is 2.74. The average molecular weight is 272 g/mol. The molecule has 6 nitrogen and oxygen atoms in total. The van der Waals surface area contributed by atoms with Gasteiger partial charge in [0.05, 0.1) is 11.4 Å². The number of aryl methyl sites for hydroxylation is 1. The van der Waals surface area contributed by atoms with Gasteiger partial charge in [0, 0.05) is 17.9 Å². The molecule has 0 atom stereocenters. The first-order valence-electron chi connectivity index (χ1n) is 5.97. The lowest BCUT2D eigenvalue weighted by Crippen LogP contribution is -2.19. The van der Waals surface area contributed by atoms with Crippen LogP contribution in [0.3, 0.4) is 0 Å². The molecule has 0 bridgehead atoms. The summed E-state index contributed by atoms with van der Waals surface area (Å²) >= 11 is 0. The first-order valence-corrected chi connectivity index (χ1v) is 7.79. The predicted molar refractivity (Wildman–Crippen MR) is 73.4 cm³/mol. The highest BCUT2D eigenvalue weighted by molar-refractivity contribution is 7.91. The minimum Gasteiger partial charge on any atom is -0.369 e. The zero-order valence-corrected chi connectivity index (χ0v) is 11.8. The van der Waals surface area contributed by atoms with E-state index in [4.69, 9.17) is 5.73 Å². The quantitative estimate of drug-likeness (QED) is 0.794. The molecule has 1 aromatic heterocycles. The van der Waals surface area contributed by atoms with E-state index < -0.39 is 9.84 Å². The van der Waals surface area contributed by atoms with E-state index in [9.17, 15) is 8.42 Å². The second-order valence-corrected chi connectivity index (χ2v) is 6.49. The highest BCUT2D eigenvalue weighted by Crippen LogP contribution is 2.16. The molecular formula is C11H20N4O2S. The highest BCUT2D eigenvalue weighted by Gasteiger charge is 2.10. The van der Waals surface area contributed by atoms with Gasteiger partial charge in [-0.25, -0.2) is 13.4 Å². The molecule has 0 saturated heterocycles. The zero-order chi connectivity index (χ0) is 13.8. The van der Waals surface area contributed by atoms with Crippen LogP contribution in [0.1, 0.15) is 25.1 Å². The van der Waals surface area contributed by atoms with Crippen LogP contribution in [0.2, 0.25) is 0 Å². The van der Waals surface area contributed by atoms with Crippen molar-refractivity contribution in [2.45, 2.75) is 27.2 Å². The van der Waals surface area contributed by atoms with Crippen molar-refractivity contribution >= 4 is 21.6 Å². The maximum atomic E-state index is 11.4. The summed E-state index contributed by atoms with van der Waals surface area (Å²) in [6.07, 6.45) is 0.764. The van der Waals surface area contributed by atoms with Gasteiger partial charge in [-0.2, -0.15) is 4.98 Å². The van der Waals surface area contributed by atoms with E-state index in [-0.39, 0.29) is 17.5 Å². The normalized spacial score (nSPS) is 11.5. The summed E-state index contributed by atoms with van der Waals surface area (Å²) in [4.78, 5) is 8.22. The fourth-order valence-corrected chi connectivity index (χ4v) is 2.27. The van der Waals surface area contributed by atoms with Crippen molar-refractivity contribution < 1.29 is 8.42 Å². The van der Waals surface area contributed by atoms with E-state index in [1.54, 1.807) is 6.92 Å². The maximum absolute atomic E-state index is 11.4. The summed E-state index contributed by atoms with van der Waals surface area (Å²) < 4.78 is 22.7. The SMILES string of the molecule is CCc1nc(N)nc(NCCS(=O)(=O)CC)c1C. The Kier molecular flexibility index (Phi) is 4.89. The van der Waals surface area contributed by atoms with Gasteiger partial charge in [0.1, 0.15) is 5.82 Å². The first-order chi connectivity index (χ1) is 8.39. The lowest BCUT2D eigenvalue weighted by molar-refractivity contribution is 0.597. The van der Waals surface area contributed by atoms with Gasteiger partial charge in [-0.1, -0.05) is 13.8 Å². The van der Waals surface area contributed by atoms with Crippen LogP contribution in [0.4, 0.5) is 11.8 Å². The molecule has 0 spiro atoms. The number of nitrogen functional groups attached to an aromatic ring is 1. The molecule has 0 fully saturated rings. The lowest BCUT2D eigenvalue weighted by Gasteiger charge is -2.11. The van der Waals surface area contributed by atoms with Gasteiger partial charge in [-0.15, -0.1) is 0 Å². The summed E-state index contributed by atoms with van der Waals surface area (Å²) in [7, 11) is -2.97. The van der Waals surface area contributed by atoms with Crippen LogP contribution in [-0.4, -0.2) is 36.4 Å². The Balaban J connectivity index is 2.76. The molecule has 0 aliphatic rings. The van der Waals surface area contributed by atoms with Gasteiger partial charge in [-0.05, 0) is 13.3 Å². The van der Waals surface area contributed by atoms with E-state index in [0.29, 0.717) is 12.4 Å². The molecule has 0 amide bonds. The molecule has 0 aromatic carbocycles. The molecule has 0 aliphatic carbocycles. The fourth-order valence-electron chi connectivity index (χ4n) is 1.57. The number of nitrogens with one attached hydrogen (secondary N) is 1. The largest absolute Gasteiger partial charge is 0.369 e. The molecule has 7 heteroatoms. The van der Waals surface area contributed by atoms with E-state index in [1.807, 2.05) is 13.8 Å². The summed E-state index contributed by atoms with van der Waals surface area (Å²) in [6, 6.07) is 0. The van der Waals surface area contributed by atoms with Crippen LogP contribution >= 0.6 is 0 Å². The van der Waals surface area contributed by atoms with Crippen LogP contribution in [0, 0.1) is 6.92 Å². The first kappa shape index (κ1) is 14.7. The number of anilines is 2. The Bertz CT molecular complexity index is 514. The van der Waals surface area contributed by atoms with E-state index in [1.165, 1.54) is 0 Å². The standard InChI is InChI=1S/C11H20N4O2S/c1-4-9-8(3)10(15-11(12)14-9)13-6-7-18(16,17)5-2/h4-7H2,1-3H3,(H3,12,13,14,15). The van der Waals surface area contributed by atoms with Crippen LogP contribution in [0.25, 0.3) is 0 Å². The summed E-state index contributed by atoms with van der Waals surface area (Å²) in [5.41, 5.74) is 7.40. The molecule has 102 valence electrons. The molecular weight excluding hydrogens is 252 g/mol. The Morgan fingerprint density at radius 2 is 1.94 bits per heavy atom. The van der Waals surface area contributed by atoms with Crippen molar-refractivity contribution in [3.8, 4) is 0 Å². The number of nitrogens with two attached hydrogens (primary N) is 1. The molecule has 1 heterocycles. The van der Waals surface area contributed by atoms with Gasteiger partial charge in [0.25, 0.3) is 0 Å². The second-order valence-electron chi connectivity index (χ2n) is 4.02. The van der Waals surface area contributed by atoms with Crippen molar-refractivity contribution in [3.05, 3.63) is 11.3 Å². The third-order valence-corrected chi connectivity index (χ3v) is 4.45. The minimum atomic E-state index is -2.97. The zero-order valence-electron chi connectivity index (χ0n) is 11.0. The van der Waals surface area contributed by atoms with Crippen molar-refractivity contribution in [3.63, 3.8) is 0 Å². The molecule has 1 aromatic rings. The monoisotopic (exact) mass is 272 g/mol. The topological polar surface area (TPSA) is 98.0 Å². The number of aromatic nitrogens is 2. The smallest absolute Gasteiger partial charge is 0.222 e. The predicted octanol–water partition coefficient (Wildman–Crippen LogP) is 0.776. The van der Waals surface area contributed by atoms with E-state index in [2.05, 4.69) is 15.3 Å². The van der Waals surface area contributed by atoms with Crippen molar-refractivity contribution in [2.75, 3.05) is 29.1 Å². The van der Waals surface area contributed by atoms with Crippen molar-refractivity contribution in [1.82, 2.24) is 9.97 Å². The van der Waals surface area contributed by atoms with Crippen LogP contribution in [-0.2, 0) is 16.3 Å². The summed E-state index contributed by atoms with van der Waals surface area (Å²) in [5, 5.41) is 3.01. The molecule has 3 N–H and O–H groups in total. The Morgan fingerprint density at radius 1 is 1.28 bits per heavy atom. The fraction of sp³-hybridized carbons (Fsp3) is 0.636. The van der Waals surface area contributed by atoms with Crippen molar-refractivity contribution in [2.24, 2.45) is 0 Å². The number of rotatable bonds is 6. The average Bonchev–Trinajstić information content (AvgIpc) is 2.33. The molecule has 0 aliphatic heterocycles. The van der Waals surface area contributed by atoms with E-state index >= 15 is 0 Å². The Labute approximate surface area is 108 Å². The second kappa shape index (κ2) is 5.99. The van der Waals surface area contributed by atoms with Crippen molar-refractivity contribution in [1.29, 1.82) is 0 Å². The highest BCUT2D eigenvalue weighted by atomic mass is 32.2. The van der Waals surface area contributed by atoms with Gasteiger partial charge < -0.3 is 11.1 Å². The lowest BCUT2D eigenvalue weighted by atomic mass is 10.2. The molecule has 0 radical (unpaired) electrons. The number of nitrogens with zero attached hydrogens (tertiary/aromatic N) is 2. The summed E-state index contributed by atoms with van der Waals surface area (Å²) in [5.74, 6) is 1.07. The van der Waals surface area contributed by atoms with Gasteiger partial charge in [0.15, 0.2) is 9.84 Å². The maximum Gasteiger partial charge on any atom is 0.222 e. The summed E-state index contributed by atoms with van der Waals surface area (Å²) in [6.45, 7) is 5.85. The molecule has 18 heavy (non-hydrogen) atoms. The van der Waals surface area contributed by atoms with Gasteiger partial charge in [-0.3, -0.25) is 0 Å². The Morgan fingerprint density at radius 3 is 2.50 bits per heavy atom. The van der Waals surface area contributed by atoms with Crippen LogP contribution in [0.5, 0.6) is 0 Å². The molecule has 0 saturated carbocycles. The van der Waals surface area contributed by atoms with Gasteiger partial charge in [0.2, 0.25) is 5.95 Å². The van der Waals surface area contributed by atoms with Crippen LogP contribution in [0.15, 0.2) is 0 Å². The van der Waals surface area contributed by atoms with Gasteiger partial charge >= 0.3 is 0 Å². The van der Waals surface area contributed by atoms with E-state index in [0.717, 1.165) is 17.7 Å². The Hall–Kier alpha value is -1.37. The minimum absolute atomic E-state index is 0.0916. The number of hydrogen-bond acceptors (Lipinski definition) is 6.